The molecule has 1 aromatic carbocycles. The van der Waals surface area contributed by atoms with Crippen molar-refractivity contribution in [1.29, 1.82) is 0 Å². The van der Waals surface area contributed by atoms with Crippen LogP contribution < -0.4 is 11.1 Å². The molecule has 0 unspecified atom stereocenters. The number of fused-ring (bicyclic) bond motifs is 3. The van der Waals surface area contributed by atoms with E-state index in [-0.39, 0.29) is 5.54 Å². The summed E-state index contributed by atoms with van der Waals surface area (Å²) in [6, 6.07) is 8.95. The van der Waals surface area contributed by atoms with Crippen LogP contribution >= 0.6 is 0 Å². The smallest absolute Gasteiger partial charge is 0.0466 e. The van der Waals surface area contributed by atoms with E-state index < -0.39 is 0 Å². The Balaban J connectivity index is 1.99. The highest BCUT2D eigenvalue weighted by molar-refractivity contribution is 5.40. The summed E-state index contributed by atoms with van der Waals surface area (Å²) >= 11 is 0. The second-order valence-corrected chi connectivity index (χ2v) is 5.66. The zero-order chi connectivity index (χ0) is 11.9. The first kappa shape index (κ1) is 11.2. The lowest BCUT2D eigenvalue weighted by molar-refractivity contribution is 0.131. The highest BCUT2D eigenvalue weighted by Crippen LogP contribution is 2.50. The van der Waals surface area contributed by atoms with Crippen molar-refractivity contribution in [3.05, 3.63) is 35.4 Å². The van der Waals surface area contributed by atoms with Crippen LogP contribution in [-0.4, -0.2) is 13.6 Å². The molecular weight excluding hydrogens is 208 g/mol. The Hall–Kier alpha value is -0.860. The first-order valence-electron chi connectivity index (χ1n) is 6.77. The van der Waals surface area contributed by atoms with E-state index in [0.717, 1.165) is 18.4 Å². The quantitative estimate of drug-likeness (QED) is 0.816. The predicted molar refractivity (Wildman–Crippen MR) is 70.8 cm³/mol. The lowest BCUT2D eigenvalue weighted by Gasteiger charge is -2.43. The van der Waals surface area contributed by atoms with Crippen molar-refractivity contribution in [3.63, 3.8) is 0 Å². The standard InChI is InChI=1S/C15H22N2/c1-17-15-7-6-11(10-16)8-13(15)9-12-4-2-3-5-14(12)15/h2-5,11,13,17H,6-10,16H2,1H3/t11-,13-,15+/m1/s1. The fourth-order valence-electron chi connectivity index (χ4n) is 4.05. The van der Waals surface area contributed by atoms with Gasteiger partial charge < -0.3 is 11.1 Å². The number of rotatable bonds is 2. The minimum atomic E-state index is 0.238. The van der Waals surface area contributed by atoms with Gasteiger partial charge in [0.15, 0.2) is 0 Å². The SMILES string of the molecule is CN[C@@]12CC[C@@H](CN)C[C@@H]1Cc1ccccc12. The normalized spacial score (nSPS) is 35.4. The monoisotopic (exact) mass is 230 g/mol. The average molecular weight is 230 g/mol. The zero-order valence-corrected chi connectivity index (χ0v) is 10.6. The Bertz CT molecular complexity index is 415. The van der Waals surface area contributed by atoms with E-state index in [1.54, 1.807) is 11.1 Å². The molecule has 0 radical (unpaired) electrons. The van der Waals surface area contributed by atoms with E-state index in [2.05, 4.69) is 36.6 Å². The Morgan fingerprint density at radius 2 is 2.24 bits per heavy atom. The van der Waals surface area contributed by atoms with Gasteiger partial charge in [0.1, 0.15) is 0 Å². The van der Waals surface area contributed by atoms with Gasteiger partial charge in [-0.2, -0.15) is 0 Å². The van der Waals surface area contributed by atoms with Crippen LogP contribution in [0.3, 0.4) is 0 Å². The van der Waals surface area contributed by atoms with Gasteiger partial charge in [-0.15, -0.1) is 0 Å². The molecule has 0 bridgehead atoms. The summed E-state index contributed by atoms with van der Waals surface area (Å²) in [5.74, 6) is 1.47. The molecule has 0 aliphatic heterocycles. The molecule has 0 amide bonds. The largest absolute Gasteiger partial charge is 0.330 e. The second kappa shape index (κ2) is 4.11. The van der Waals surface area contributed by atoms with Crippen molar-refractivity contribution < 1.29 is 0 Å². The van der Waals surface area contributed by atoms with Crippen LogP contribution in [0.2, 0.25) is 0 Å². The van der Waals surface area contributed by atoms with Crippen molar-refractivity contribution >= 4 is 0 Å². The van der Waals surface area contributed by atoms with Crippen LogP contribution in [0.1, 0.15) is 30.4 Å². The van der Waals surface area contributed by atoms with Crippen LogP contribution in [0.15, 0.2) is 24.3 Å². The molecular formula is C15H22N2. The molecule has 3 N–H and O–H groups in total. The number of nitrogens with two attached hydrogens (primary N) is 1. The Morgan fingerprint density at radius 3 is 3.00 bits per heavy atom. The van der Waals surface area contributed by atoms with Gasteiger partial charge in [0, 0.05) is 5.54 Å². The topological polar surface area (TPSA) is 38.0 Å². The minimum absolute atomic E-state index is 0.238. The molecule has 1 fully saturated rings. The van der Waals surface area contributed by atoms with Gasteiger partial charge >= 0.3 is 0 Å². The van der Waals surface area contributed by atoms with Gasteiger partial charge in [0.2, 0.25) is 0 Å². The zero-order valence-electron chi connectivity index (χ0n) is 10.6. The van der Waals surface area contributed by atoms with Gasteiger partial charge in [-0.25, -0.2) is 0 Å². The summed E-state index contributed by atoms with van der Waals surface area (Å²) in [6.45, 7) is 0.854. The Kier molecular flexibility index (Phi) is 2.72. The van der Waals surface area contributed by atoms with Crippen molar-refractivity contribution in [2.75, 3.05) is 13.6 Å². The van der Waals surface area contributed by atoms with E-state index >= 15 is 0 Å². The maximum Gasteiger partial charge on any atom is 0.0466 e. The number of hydrogen-bond donors (Lipinski definition) is 2. The molecule has 17 heavy (non-hydrogen) atoms. The van der Waals surface area contributed by atoms with Gasteiger partial charge in [-0.3, -0.25) is 0 Å². The third kappa shape index (κ3) is 1.54. The maximum absolute atomic E-state index is 5.86. The number of hydrogen-bond acceptors (Lipinski definition) is 2. The fourth-order valence-corrected chi connectivity index (χ4v) is 4.05. The summed E-state index contributed by atoms with van der Waals surface area (Å²) in [6.07, 6.45) is 5.02. The van der Waals surface area contributed by atoms with Crippen molar-refractivity contribution in [2.24, 2.45) is 17.6 Å². The maximum atomic E-state index is 5.86. The molecule has 2 aliphatic carbocycles. The lowest BCUT2D eigenvalue weighted by atomic mass is 9.69. The molecule has 0 spiro atoms. The molecule has 1 saturated carbocycles. The van der Waals surface area contributed by atoms with Gasteiger partial charge in [0.25, 0.3) is 0 Å². The van der Waals surface area contributed by atoms with Gasteiger partial charge in [-0.1, -0.05) is 24.3 Å². The fraction of sp³-hybridized carbons (Fsp3) is 0.600. The number of benzene rings is 1. The molecule has 2 nitrogen and oxygen atoms in total. The van der Waals surface area contributed by atoms with Crippen LogP contribution in [0.25, 0.3) is 0 Å². The van der Waals surface area contributed by atoms with Crippen molar-refractivity contribution in [2.45, 2.75) is 31.2 Å². The summed E-state index contributed by atoms with van der Waals surface area (Å²) in [7, 11) is 2.12. The first-order chi connectivity index (χ1) is 8.30. The lowest BCUT2D eigenvalue weighted by Crippen LogP contribution is -2.48. The summed E-state index contributed by atoms with van der Waals surface area (Å²) in [5, 5.41) is 3.64. The van der Waals surface area contributed by atoms with Crippen molar-refractivity contribution in [3.8, 4) is 0 Å². The van der Waals surface area contributed by atoms with Crippen LogP contribution in [0.5, 0.6) is 0 Å². The van der Waals surface area contributed by atoms with E-state index in [1.807, 2.05) is 0 Å². The van der Waals surface area contributed by atoms with E-state index in [4.69, 9.17) is 5.73 Å². The van der Waals surface area contributed by atoms with Gasteiger partial charge in [-0.05, 0) is 62.2 Å². The third-order valence-electron chi connectivity index (χ3n) is 5.01. The van der Waals surface area contributed by atoms with Crippen LogP contribution in [0, 0.1) is 11.8 Å². The van der Waals surface area contributed by atoms with E-state index in [0.29, 0.717) is 0 Å². The predicted octanol–water partition coefficient (Wildman–Crippen LogP) is 2.03. The van der Waals surface area contributed by atoms with Crippen LogP contribution in [0.4, 0.5) is 0 Å². The average Bonchev–Trinajstić information content (AvgIpc) is 2.72. The molecule has 2 heteroatoms. The molecule has 2 aliphatic rings. The van der Waals surface area contributed by atoms with Crippen molar-refractivity contribution in [1.82, 2.24) is 5.32 Å². The first-order valence-corrected chi connectivity index (χ1v) is 6.77. The van der Waals surface area contributed by atoms with Gasteiger partial charge in [0.05, 0.1) is 0 Å². The number of nitrogens with one attached hydrogen (secondary N) is 1. The highest BCUT2D eigenvalue weighted by Gasteiger charge is 2.48. The van der Waals surface area contributed by atoms with E-state index in [1.165, 1.54) is 25.7 Å². The molecule has 0 aromatic heterocycles. The Labute approximate surface area is 104 Å². The second-order valence-electron chi connectivity index (χ2n) is 5.66. The molecule has 3 atom stereocenters. The minimum Gasteiger partial charge on any atom is -0.330 e. The summed E-state index contributed by atoms with van der Waals surface area (Å²) in [5.41, 5.74) is 9.18. The highest BCUT2D eigenvalue weighted by atomic mass is 15.0. The molecule has 3 rings (SSSR count). The third-order valence-corrected chi connectivity index (χ3v) is 5.01. The van der Waals surface area contributed by atoms with E-state index in [9.17, 15) is 0 Å². The molecule has 0 heterocycles. The van der Waals surface area contributed by atoms with Crippen LogP contribution in [-0.2, 0) is 12.0 Å². The molecule has 0 saturated heterocycles. The Morgan fingerprint density at radius 1 is 1.41 bits per heavy atom. The summed E-state index contributed by atoms with van der Waals surface area (Å²) in [4.78, 5) is 0. The molecule has 1 aromatic rings. The summed E-state index contributed by atoms with van der Waals surface area (Å²) < 4.78 is 0. The molecule has 92 valence electrons.